The second kappa shape index (κ2) is 3.00. The second-order valence-corrected chi connectivity index (χ2v) is 5.35. The van der Waals surface area contributed by atoms with Gasteiger partial charge in [-0.05, 0) is 6.42 Å². The molecule has 1 aliphatic carbocycles. The Hall–Kier alpha value is -1.13. The Kier molecular flexibility index (Phi) is 1.74. The first-order valence-electron chi connectivity index (χ1n) is 6.15. The van der Waals surface area contributed by atoms with Gasteiger partial charge in [0.1, 0.15) is 0 Å². The van der Waals surface area contributed by atoms with Gasteiger partial charge < -0.3 is 9.47 Å². The molecule has 4 atom stereocenters. The number of hydrogen-bond donors (Lipinski definition) is 0. The highest BCUT2D eigenvalue weighted by molar-refractivity contribution is 5.88. The summed E-state index contributed by atoms with van der Waals surface area (Å²) < 4.78 is 11.1. The van der Waals surface area contributed by atoms with E-state index in [9.17, 15) is 4.79 Å². The lowest BCUT2D eigenvalue weighted by Crippen LogP contribution is -2.43. The van der Waals surface area contributed by atoms with Crippen molar-refractivity contribution >= 4 is 5.97 Å². The highest BCUT2D eigenvalue weighted by atomic mass is 16.6. The molecule has 0 amide bonds. The predicted octanol–water partition coefficient (Wildman–Crippen LogP) is 0.640. The first kappa shape index (κ1) is 9.85. The van der Waals surface area contributed by atoms with E-state index in [4.69, 9.17) is 9.47 Å². The van der Waals surface area contributed by atoms with E-state index < -0.39 is 0 Å². The van der Waals surface area contributed by atoms with Crippen molar-refractivity contribution in [3.05, 3.63) is 23.8 Å². The van der Waals surface area contributed by atoms with Crippen molar-refractivity contribution in [1.82, 2.24) is 4.90 Å². The van der Waals surface area contributed by atoms with Gasteiger partial charge in [0.05, 0.1) is 12.1 Å². The molecule has 0 aromatic rings. The molecule has 0 N–H and O–H groups in total. The van der Waals surface area contributed by atoms with Gasteiger partial charge in [0, 0.05) is 37.8 Å². The fourth-order valence-electron chi connectivity index (χ4n) is 3.90. The molecule has 0 aromatic heterocycles. The lowest BCUT2D eigenvalue weighted by atomic mass is 9.81. The summed E-state index contributed by atoms with van der Waals surface area (Å²) in [4.78, 5) is 14.0. The first-order chi connectivity index (χ1) is 8.23. The average Bonchev–Trinajstić information content (AvgIpc) is 2.92. The molecule has 3 aliphatic heterocycles. The number of carbonyl (C=O) groups is 1. The molecule has 3 heterocycles. The van der Waals surface area contributed by atoms with Gasteiger partial charge in [-0.1, -0.05) is 12.2 Å². The molecule has 4 nitrogen and oxygen atoms in total. The normalized spacial score (nSPS) is 46.8. The quantitative estimate of drug-likeness (QED) is 0.623. The van der Waals surface area contributed by atoms with Crippen LogP contribution in [0.4, 0.5) is 0 Å². The first-order valence-corrected chi connectivity index (χ1v) is 6.15. The molecule has 4 rings (SSSR count). The van der Waals surface area contributed by atoms with Gasteiger partial charge in [-0.3, -0.25) is 4.90 Å². The monoisotopic (exact) mass is 233 g/mol. The Morgan fingerprint density at radius 1 is 1.59 bits per heavy atom. The minimum absolute atomic E-state index is 0.187. The highest BCUT2D eigenvalue weighted by Crippen LogP contribution is 2.52. The molecule has 4 heteroatoms. The van der Waals surface area contributed by atoms with E-state index in [1.165, 1.54) is 0 Å². The Labute approximate surface area is 99.9 Å². The molecule has 1 spiro atoms. The SMILES string of the molecule is COC1CC2N(C1)C1C=CC3=CC(=O)OC32C1. The second-order valence-electron chi connectivity index (χ2n) is 5.35. The van der Waals surface area contributed by atoms with Gasteiger partial charge in [-0.2, -0.15) is 0 Å². The van der Waals surface area contributed by atoms with Gasteiger partial charge in [-0.15, -0.1) is 0 Å². The van der Waals surface area contributed by atoms with Crippen LogP contribution in [0.2, 0.25) is 0 Å². The molecule has 0 saturated carbocycles. The number of rotatable bonds is 1. The van der Waals surface area contributed by atoms with E-state index >= 15 is 0 Å². The third-order valence-corrected chi connectivity index (χ3v) is 4.65. The molecule has 2 fully saturated rings. The van der Waals surface area contributed by atoms with Gasteiger partial charge in [-0.25, -0.2) is 4.79 Å². The van der Waals surface area contributed by atoms with E-state index in [1.807, 2.05) is 0 Å². The van der Waals surface area contributed by atoms with E-state index in [-0.39, 0.29) is 17.7 Å². The maximum absolute atomic E-state index is 11.5. The summed E-state index contributed by atoms with van der Waals surface area (Å²) in [5.74, 6) is -0.187. The summed E-state index contributed by atoms with van der Waals surface area (Å²) in [6, 6.07) is 0.702. The number of nitrogens with zero attached hydrogens (tertiary/aromatic N) is 1. The number of methoxy groups -OCH3 is 1. The predicted molar refractivity (Wildman–Crippen MR) is 60.4 cm³/mol. The van der Waals surface area contributed by atoms with Gasteiger partial charge >= 0.3 is 5.97 Å². The van der Waals surface area contributed by atoms with Crippen LogP contribution in [0.3, 0.4) is 0 Å². The molecule has 4 aliphatic rings. The summed E-state index contributed by atoms with van der Waals surface area (Å²) >= 11 is 0. The van der Waals surface area contributed by atoms with Crippen molar-refractivity contribution in [3.8, 4) is 0 Å². The third kappa shape index (κ3) is 1.07. The molecule has 2 bridgehead atoms. The Morgan fingerprint density at radius 2 is 2.47 bits per heavy atom. The van der Waals surface area contributed by atoms with Crippen LogP contribution in [0.1, 0.15) is 12.8 Å². The number of ether oxygens (including phenoxy) is 2. The van der Waals surface area contributed by atoms with Crippen molar-refractivity contribution in [2.24, 2.45) is 0 Å². The van der Waals surface area contributed by atoms with E-state index in [0.29, 0.717) is 12.1 Å². The number of carbonyl (C=O) groups excluding carboxylic acids is 1. The summed E-state index contributed by atoms with van der Waals surface area (Å²) in [6.07, 6.45) is 8.06. The summed E-state index contributed by atoms with van der Waals surface area (Å²) in [5, 5.41) is 0. The molecular weight excluding hydrogens is 218 g/mol. The minimum Gasteiger partial charge on any atom is -0.449 e. The van der Waals surface area contributed by atoms with Crippen molar-refractivity contribution < 1.29 is 14.3 Å². The molecule has 17 heavy (non-hydrogen) atoms. The summed E-state index contributed by atoms with van der Waals surface area (Å²) in [6.45, 7) is 0.947. The van der Waals surface area contributed by atoms with Crippen LogP contribution in [0.25, 0.3) is 0 Å². The third-order valence-electron chi connectivity index (χ3n) is 4.65. The Bertz CT molecular complexity index is 456. The van der Waals surface area contributed by atoms with Crippen LogP contribution in [0.5, 0.6) is 0 Å². The fourth-order valence-corrected chi connectivity index (χ4v) is 3.90. The summed E-state index contributed by atoms with van der Waals surface area (Å²) in [7, 11) is 1.76. The Balaban J connectivity index is 1.78. The van der Waals surface area contributed by atoms with Gasteiger partial charge in [0.15, 0.2) is 5.60 Å². The minimum atomic E-state index is -0.371. The zero-order valence-corrected chi connectivity index (χ0v) is 9.76. The van der Waals surface area contributed by atoms with Crippen LogP contribution < -0.4 is 0 Å². The van der Waals surface area contributed by atoms with Crippen molar-refractivity contribution in [2.75, 3.05) is 13.7 Å². The number of esters is 1. The molecule has 0 aromatic carbocycles. The van der Waals surface area contributed by atoms with E-state index in [2.05, 4.69) is 17.1 Å². The largest absolute Gasteiger partial charge is 0.449 e. The van der Waals surface area contributed by atoms with Crippen LogP contribution in [-0.2, 0) is 14.3 Å². The van der Waals surface area contributed by atoms with Crippen molar-refractivity contribution in [1.29, 1.82) is 0 Å². The topological polar surface area (TPSA) is 38.8 Å². The molecule has 2 saturated heterocycles. The number of fused-ring (bicyclic) bond motifs is 3. The lowest BCUT2D eigenvalue weighted by Gasteiger charge is -2.31. The highest BCUT2D eigenvalue weighted by Gasteiger charge is 2.62. The average molecular weight is 233 g/mol. The standard InChI is InChI=1S/C13H15NO3/c1-16-10-5-11-13-6-9(14(11)7-10)3-2-8(13)4-12(15)17-13/h2-4,9-11H,5-7H2,1H3. The van der Waals surface area contributed by atoms with Crippen LogP contribution in [0.15, 0.2) is 23.8 Å². The van der Waals surface area contributed by atoms with Gasteiger partial charge in [0.2, 0.25) is 0 Å². The molecule has 90 valence electrons. The van der Waals surface area contributed by atoms with Crippen molar-refractivity contribution in [3.63, 3.8) is 0 Å². The zero-order chi connectivity index (χ0) is 11.6. The van der Waals surface area contributed by atoms with E-state index in [1.54, 1.807) is 13.2 Å². The lowest BCUT2D eigenvalue weighted by molar-refractivity contribution is -0.147. The molecular formula is C13H15NO3. The van der Waals surface area contributed by atoms with Crippen LogP contribution >= 0.6 is 0 Å². The van der Waals surface area contributed by atoms with E-state index in [0.717, 1.165) is 25.0 Å². The molecule has 0 radical (unpaired) electrons. The van der Waals surface area contributed by atoms with Crippen LogP contribution in [-0.4, -0.2) is 48.3 Å². The number of hydrogen-bond acceptors (Lipinski definition) is 4. The van der Waals surface area contributed by atoms with Crippen molar-refractivity contribution in [2.45, 2.75) is 36.6 Å². The Morgan fingerprint density at radius 3 is 3.29 bits per heavy atom. The smallest absolute Gasteiger partial charge is 0.332 e. The van der Waals surface area contributed by atoms with Crippen LogP contribution in [0, 0.1) is 0 Å². The summed E-state index contributed by atoms with van der Waals surface area (Å²) in [5.41, 5.74) is 0.687. The zero-order valence-electron chi connectivity index (χ0n) is 9.76. The maximum Gasteiger partial charge on any atom is 0.332 e. The van der Waals surface area contributed by atoms with Gasteiger partial charge in [0.25, 0.3) is 0 Å². The fraction of sp³-hybridized carbons (Fsp3) is 0.615. The maximum atomic E-state index is 11.5. The molecule has 4 unspecified atom stereocenters.